The van der Waals surface area contributed by atoms with E-state index in [1.54, 1.807) is 11.9 Å². The summed E-state index contributed by atoms with van der Waals surface area (Å²) in [6.45, 7) is 3.04. The molecule has 2 saturated heterocycles. The number of aliphatic imine (C=N–C) groups is 1. The second-order valence-electron chi connectivity index (χ2n) is 6.30. The Morgan fingerprint density at radius 2 is 1.83 bits per heavy atom. The lowest BCUT2D eigenvalue weighted by Gasteiger charge is -2.33. The fraction of sp³-hybridized carbons (Fsp3) is 0.643. The van der Waals surface area contributed by atoms with Gasteiger partial charge in [0.15, 0.2) is 0 Å². The monoisotopic (exact) mass is 336 g/mol. The van der Waals surface area contributed by atoms with E-state index in [0.29, 0.717) is 11.8 Å². The van der Waals surface area contributed by atoms with Crippen molar-refractivity contribution in [2.24, 2.45) is 10.7 Å². The lowest BCUT2D eigenvalue weighted by atomic mass is 10.1. The molecule has 0 aromatic rings. The summed E-state index contributed by atoms with van der Waals surface area (Å²) in [4.78, 5) is 47.0. The number of piperazine rings is 1. The van der Waals surface area contributed by atoms with Crippen LogP contribution in [-0.4, -0.2) is 114 Å². The minimum absolute atomic E-state index is 0.124. The van der Waals surface area contributed by atoms with Gasteiger partial charge in [-0.05, 0) is 7.05 Å². The summed E-state index contributed by atoms with van der Waals surface area (Å²) in [5.41, 5.74) is 5.37. The predicted octanol–water partition coefficient (Wildman–Crippen LogP) is -2.61. The first kappa shape index (κ1) is 16.4. The van der Waals surface area contributed by atoms with E-state index in [1.807, 2.05) is 11.6 Å². The van der Waals surface area contributed by atoms with Gasteiger partial charge in [-0.25, -0.2) is 9.69 Å². The van der Waals surface area contributed by atoms with Crippen LogP contribution >= 0.6 is 0 Å². The normalized spacial score (nSPS) is 25.4. The molecule has 0 aromatic heterocycles. The van der Waals surface area contributed by atoms with Crippen molar-refractivity contribution in [2.45, 2.75) is 6.04 Å². The molecule has 0 radical (unpaired) electrons. The molecule has 2 N–H and O–H groups in total. The molecule has 0 spiro atoms. The first-order valence-electron chi connectivity index (χ1n) is 7.80. The third-order valence-corrected chi connectivity index (χ3v) is 4.62. The van der Waals surface area contributed by atoms with Crippen LogP contribution in [0.5, 0.6) is 0 Å². The smallest absolute Gasteiger partial charge is 0.367 e. The fourth-order valence-corrected chi connectivity index (χ4v) is 3.17. The summed E-state index contributed by atoms with van der Waals surface area (Å²) in [5.74, 6) is -0.0706. The number of amides is 4. The van der Waals surface area contributed by atoms with Gasteiger partial charge >= 0.3 is 12.0 Å². The summed E-state index contributed by atoms with van der Waals surface area (Å²) in [5, 5.41) is 0. The average Bonchev–Trinajstić information content (AvgIpc) is 2.90. The molecule has 1 atom stereocenters. The van der Waals surface area contributed by atoms with Crippen LogP contribution in [0.2, 0.25) is 0 Å². The molecule has 0 saturated carbocycles. The third-order valence-electron chi connectivity index (χ3n) is 4.62. The van der Waals surface area contributed by atoms with Gasteiger partial charge in [0.2, 0.25) is 11.9 Å². The zero-order valence-electron chi connectivity index (χ0n) is 14.1. The highest BCUT2D eigenvalue weighted by Crippen LogP contribution is 2.22. The van der Waals surface area contributed by atoms with Crippen LogP contribution in [0.4, 0.5) is 4.79 Å². The molecule has 130 valence electrons. The number of nitrogens with zero attached hydrogens (tertiary/aromatic N) is 6. The second kappa shape index (κ2) is 5.86. The van der Waals surface area contributed by atoms with Crippen molar-refractivity contribution in [1.29, 1.82) is 0 Å². The minimum atomic E-state index is -0.792. The Labute approximate surface area is 139 Å². The molecule has 0 bridgehead atoms. The topological polar surface area (TPSA) is 106 Å². The quantitative estimate of drug-likeness (QED) is 0.556. The number of guanidine groups is 1. The van der Waals surface area contributed by atoms with Crippen molar-refractivity contribution in [3.8, 4) is 0 Å². The summed E-state index contributed by atoms with van der Waals surface area (Å²) in [6, 6.07) is -1.23. The van der Waals surface area contributed by atoms with Crippen molar-refractivity contribution >= 4 is 29.6 Å². The van der Waals surface area contributed by atoms with E-state index in [2.05, 4.69) is 9.89 Å². The van der Waals surface area contributed by atoms with Gasteiger partial charge in [0.25, 0.3) is 11.8 Å². The number of likely N-dealkylation sites (N-methyl/N-ethyl adjacent to an activating group) is 3. The van der Waals surface area contributed by atoms with Gasteiger partial charge in [0, 0.05) is 27.2 Å². The zero-order chi connectivity index (χ0) is 17.6. The number of amidine groups is 1. The number of hydrogen-bond donors (Lipinski definition) is 1. The lowest BCUT2D eigenvalue weighted by molar-refractivity contribution is -0.544. The molecule has 0 aliphatic carbocycles. The van der Waals surface area contributed by atoms with Crippen molar-refractivity contribution in [3.05, 3.63) is 0 Å². The molecule has 3 aliphatic heterocycles. The Hall–Kier alpha value is -2.49. The molecule has 0 aromatic carbocycles. The molecule has 3 aliphatic rings. The summed E-state index contributed by atoms with van der Waals surface area (Å²) in [6.07, 6.45) is 0. The maximum absolute atomic E-state index is 12.6. The van der Waals surface area contributed by atoms with Gasteiger partial charge in [0.05, 0.1) is 13.1 Å². The second-order valence-corrected chi connectivity index (χ2v) is 6.30. The Balaban J connectivity index is 2.04. The number of carbonyl (C=O) groups excluding carboxylic acids is 3. The molecule has 24 heavy (non-hydrogen) atoms. The fourth-order valence-electron chi connectivity index (χ4n) is 3.17. The maximum Gasteiger partial charge on any atom is 0.392 e. The van der Waals surface area contributed by atoms with E-state index in [9.17, 15) is 14.4 Å². The van der Waals surface area contributed by atoms with Crippen molar-refractivity contribution in [2.75, 3.05) is 53.9 Å². The highest BCUT2D eigenvalue weighted by molar-refractivity contribution is 6.25. The molecule has 4 amide bonds. The van der Waals surface area contributed by atoms with E-state index in [4.69, 9.17) is 5.73 Å². The standard InChI is InChI=1S/C14H21N7O3/c1-17-4-6-20(7-5-17)13-16-11-10(21(13)8-9(15)22)12(23)19(3)14(24)18(11)2/h10H,4-8H2,1-3H3,(H-,15,22)/p+1. The first-order valence-corrected chi connectivity index (χ1v) is 7.80. The van der Waals surface area contributed by atoms with Crippen molar-refractivity contribution in [3.63, 3.8) is 0 Å². The van der Waals surface area contributed by atoms with E-state index < -0.39 is 23.9 Å². The van der Waals surface area contributed by atoms with Gasteiger partial charge in [-0.3, -0.25) is 24.0 Å². The molecule has 1 unspecified atom stereocenters. The SMILES string of the molecule is CN1CC[N+](=C2N=C3C(C(=O)N(C)C(=O)N3C)N2CC(N)=O)CC1. The van der Waals surface area contributed by atoms with E-state index in [0.717, 1.165) is 31.1 Å². The molecule has 10 nitrogen and oxygen atoms in total. The van der Waals surface area contributed by atoms with Crippen LogP contribution in [0.3, 0.4) is 0 Å². The Morgan fingerprint density at radius 3 is 2.42 bits per heavy atom. The van der Waals surface area contributed by atoms with E-state index in [1.165, 1.54) is 11.9 Å². The van der Waals surface area contributed by atoms with Gasteiger partial charge in [0.1, 0.15) is 6.54 Å². The molecule has 10 heteroatoms. The number of carbonyl (C=O) groups is 3. The van der Waals surface area contributed by atoms with Crippen molar-refractivity contribution < 1.29 is 19.0 Å². The van der Waals surface area contributed by atoms with E-state index >= 15 is 0 Å². The molecule has 3 rings (SSSR count). The number of fused-ring (bicyclic) bond motifs is 1. The third kappa shape index (κ3) is 2.52. The summed E-state index contributed by atoms with van der Waals surface area (Å²) in [7, 11) is 5.04. The van der Waals surface area contributed by atoms with Gasteiger partial charge in [-0.1, -0.05) is 4.99 Å². The minimum Gasteiger partial charge on any atom is -0.367 e. The Morgan fingerprint density at radius 1 is 1.21 bits per heavy atom. The summed E-state index contributed by atoms with van der Waals surface area (Å²) < 4.78 is 2.03. The maximum atomic E-state index is 12.6. The Bertz CT molecular complexity index is 661. The van der Waals surface area contributed by atoms with E-state index in [-0.39, 0.29) is 6.54 Å². The number of rotatable bonds is 2. The highest BCUT2D eigenvalue weighted by Gasteiger charge is 2.55. The predicted molar refractivity (Wildman–Crippen MR) is 85.6 cm³/mol. The highest BCUT2D eigenvalue weighted by atomic mass is 16.2. The van der Waals surface area contributed by atoms with Crippen LogP contribution in [0.15, 0.2) is 4.99 Å². The summed E-state index contributed by atoms with van der Waals surface area (Å²) >= 11 is 0. The molecular weight excluding hydrogens is 314 g/mol. The van der Waals surface area contributed by atoms with Crippen LogP contribution in [0.25, 0.3) is 0 Å². The van der Waals surface area contributed by atoms with Gasteiger partial charge < -0.3 is 10.6 Å². The lowest BCUT2D eigenvalue weighted by Crippen LogP contribution is -2.63. The Kier molecular flexibility index (Phi) is 3.99. The molecular formula is C14H22N7O3+. The number of primary amides is 1. The molecule has 2 fully saturated rings. The molecule has 3 heterocycles. The average molecular weight is 336 g/mol. The number of urea groups is 1. The van der Waals surface area contributed by atoms with Crippen molar-refractivity contribution in [1.82, 2.24) is 19.6 Å². The van der Waals surface area contributed by atoms with Crippen LogP contribution in [0, 0.1) is 0 Å². The van der Waals surface area contributed by atoms with Crippen LogP contribution < -0.4 is 5.73 Å². The van der Waals surface area contributed by atoms with Crippen LogP contribution in [0.1, 0.15) is 0 Å². The number of hydrogen-bond acceptors (Lipinski definition) is 4. The zero-order valence-corrected chi connectivity index (χ0v) is 14.1. The van der Waals surface area contributed by atoms with Gasteiger partial charge in [-0.15, -0.1) is 0 Å². The number of imide groups is 1. The van der Waals surface area contributed by atoms with Crippen LogP contribution in [-0.2, 0) is 9.59 Å². The first-order chi connectivity index (χ1) is 11.3. The largest absolute Gasteiger partial charge is 0.392 e. The number of nitrogens with two attached hydrogens (primary N) is 1. The van der Waals surface area contributed by atoms with Gasteiger partial charge in [-0.2, -0.15) is 0 Å².